The molecule has 3 aromatic rings. The molecule has 1 saturated heterocycles. The number of likely N-dealkylation sites (N-methyl/N-ethyl adjacent to an activating group) is 1. The number of aliphatic imine (C=N–C) groups is 1. The van der Waals surface area contributed by atoms with E-state index in [0.29, 0.717) is 11.7 Å². The lowest BCUT2D eigenvalue weighted by Gasteiger charge is -2.41. The molecular weight excluding hydrogens is 483 g/mol. The van der Waals surface area contributed by atoms with Gasteiger partial charge < -0.3 is 15.0 Å². The van der Waals surface area contributed by atoms with Crippen LogP contribution in [0, 0.1) is 5.82 Å². The quantitative estimate of drug-likeness (QED) is 0.436. The van der Waals surface area contributed by atoms with E-state index in [0.717, 1.165) is 66.7 Å². The van der Waals surface area contributed by atoms with E-state index in [-0.39, 0.29) is 18.2 Å². The van der Waals surface area contributed by atoms with Crippen LogP contribution >= 0.6 is 23.7 Å². The van der Waals surface area contributed by atoms with E-state index < -0.39 is 0 Å². The van der Waals surface area contributed by atoms with Gasteiger partial charge in [0.15, 0.2) is 0 Å². The van der Waals surface area contributed by atoms with Gasteiger partial charge in [-0.2, -0.15) is 0 Å². The fourth-order valence-corrected chi connectivity index (χ4v) is 5.70. The summed E-state index contributed by atoms with van der Waals surface area (Å²) in [5.41, 5.74) is 3.95. The third-order valence-electron chi connectivity index (χ3n) is 6.81. The van der Waals surface area contributed by atoms with Crippen molar-refractivity contribution in [2.45, 2.75) is 32.2 Å². The second-order valence-electron chi connectivity index (χ2n) is 9.00. The molecule has 5 rings (SSSR count). The minimum atomic E-state index is -0.265. The third-order valence-corrected chi connectivity index (χ3v) is 8.00. The molecule has 0 bridgehead atoms. The molecule has 0 aliphatic carbocycles. The van der Waals surface area contributed by atoms with Crippen molar-refractivity contribution in [1.29, 1.82) is 0 Å². The number of rotatable bonds is 5. The van der Waals surface area contributed by atoms with Crippen LogP contribution in [0.2, 0.25) is 0 Å². The third kappa shape index (κ3) is 5.47. The van der Waals surface area contributed by atoms with Gasteiger partial charge in [-0.3, -0.25) is 4.90 Å². The predicted molar refractivity (Wildman–Crippen MR) is 146 cm³/mol. The lowest BCUT2D eigenvalue weighted by molar-refractivity contribution is 0.134. The summed E-state index contributed by atoms with van der Waals surface area (Å²) in [6, 6.07) is 15.8. The van der Waals surface area contributed by atoms with Gasteiger partial charge in [0.2, 0.25) is 0 Å². The number of piperazine rings is 1. The number of hydrogen-bond donors (Lipinski definition) is 1. The molecule has 35 heavy (non-hydrogen) atoms. The van der Waals surface area contributed by atoms with Gasteiger partial charge in [-0.15, -0.1) is 23.7 Å². The Hall–Kier alpha value is -2.61. The number of fused-ring (bicyclic) bond motifs is 2. The van der Waals surface area contributed by atoms with E-state index in [2.05, 4.69) is 47.3 Å². The molecule has 5 nitrogen and oxygen atoms in total. The van der Waals surface area contributed by atoms with E-state index in [1.165, 1.54) is 22.6 Å². The molecule has 1 atom stereocenters. The molecular formula is C27H32ClFN4OS. The Morgan fingerprint density at radius 3 is 2.69 bits per heavy atom. The Balaban J connectivity index is 0.00000289. The first-order chi connectivity index (χ1) is 16.5. The van der Waals surface area contributed by atoms with Crippen molar-refractivity contribution in [3.8, 4) is 5.75 Å². The van der Waals surface area contributed by atoms with Crippen molar-refractivity contribution >= 4 is 46.0 Å². The Labute approximate surface area is 217 Å². The van der Waals surface area contributed by atoms with Crippen LogP contribution in [-0.4, -0.2) is 55.5 Å². The van der Waals surface area contributed by atoms with E-state index in [9.17, 15) is 4.39 Å². The first-order valence-electron chi connectivity index (χ1n) is 11.9. The number of ether oxygens (including phenoxy) is 1. The van der Waals surface area contributed by atoms with Crippen molar-refractivity contribution in [2.24, 2.45) is 4.99 Å². The molecule has 3 heterocycles. The average Bonchev–Trinajstić information content (AvgIpc) is 3.20. The predicted octanol–water partition coefficient (Wildman–Crippen LogP) is 6.26. The Morgan fingerprint density at radius 2 is 1.94 bits per heavy atom. The summed E-state index contributed by atoms with van der Waals surface area (Å²) >= 11 is 1.76. The smallest absolute Gasteiger partial charge is 0.139 e. The number of nitrogens with one attached hydrogen (secondary N) is 1. The highest BCUT2D eigenvalue weighted by molar-refractivity contribution is 7.16. The van der Waals surface area contributed by atoms with Crippen LogP contribution in [0.5, 0.6) is 5.75 Å². The first kappa shape index (κ1) is 25.5. The average molecular weight is 515 g/mol. The van der Waals surface area contributed by atoms with Gasteiger partial charge in [-0.05, 0) is 62.2 Å². The molecule has 8 heteroatoms. The summed E-state index contributed by atoms with van der Waals surface area (Å²) in [7, 11) is 3.91. The number of benzene rings is 2. The van der Waals surface area contributed by atoms with E-state index in [1.807, 2.05) is 12.1 Å². The topological polar surface area (TPSA) is 40.1 Å². The van der Waals surface area contributed by atoms with Crippen LogP contribution in [0.25, 0.3) is 0 Å². The number of aryl methyl sites for hydroxylation is 2. The highest BCUT2D eigenvalue weighted by Gasteiger charge is 2.30. The largest absolute Gasteiger partial charge is 0.497 e. The minimum absolute atomic E-state index is 0. The maximum absolute atomic E-state index is 14.1. The van der Waals surface area contributed by atoms with Gasteiger partial charge in [0.1, 0.15) is 22.4 Å². The number of thiophene rings is 1. The minimum Gasteiger partial charge on any atom is -0.497 e. The molecule has 0 amide bonds. The molecule has 2 aromatic carbocycles. The second-order valence-corrected chi connectivity index (χ2v) is 10.1. The number of amidine groups is 1. The molecule has 2 aliphatic heterocycles. The van der Waals surface area contributed by atoms with Gasteiger partial charge in [-0.1, -0.05) is 19.1 Å². The van der Waals surface area contributed by atoms with Crippen molar-refractivity contribution in [3.05, 3.63) is 70.4 Å². The summed E-state index contributed by atoms with van der Waals surface area (Å²) in [5, 5.41) is 4.61. The molecule has 0 spiro atoms. The van der Waals surface area contributed by atoms with Gasteiger partial charge in [0.05, 0.1) is 24.0 Å². The Kier molecular flexibility index (Phi) is 7.99. The number of methoxy groups -OCH3 is 1. The SMILES string of the molecule is CCc1cc2c(s1)Nc1ccc(F)cc1N=C2N1CCN(C)[C@@H](CCc2ccc(OC)cc2)C1.Cl. The van der Waals surface area contributed by atoms with Crippen molar-refractivity contribution in [2.75, 3.05) is 39.1 Å². The van der Waals surface area contributed by atoms with Gasteiger partial charge in [0.25, 0.3) is 0 Å². The molecule has 1 fully saturated rings. The Bertz CT molecular complexity index is 1200. The van der Waals surface area contributed by atoms with Gasteiger partial charge in [-0.25, -0.2) is 9.38 Å². The van der Waals surface area contributed by atoms with Crippen LogP contribution in [0.4, 0.5) is 20.8 Å². The van der Waals surface area contributed by atoms with Crippen molar-refractivity contribution < 1.29 is 9.13 Å². The highest BCUT2D eigenvalue weighted by atomic mass is 35.5. The lowest BCUT2D eigenvalue weighted by atomic mass is 10.0. The molecule has 1 N–H and O–H groups in total. The number of anilines is 2. The maximum atomic E-state index is 14.1. The summed E-state index contributed by atoms with van der Waals surface area (Å²) in [5.74, 6) is 1.57. The van der Waals surface area contributed by atoms with E-state index in [4.69, 9.17) is 9.73 Å². The first-order valence-corrected chi connectivity index (χ1v) is 12.7. The molecule has 0 unspecified atom stereocenters. The van der Waals surface area contributed by atoms with Crippen LogP contribution in [-0.2, 0) is 12.8 Å². The number of hydrogen-bond acceptors (Lipinski definition) is 6. The molecule has 1 aromatic heterocycles. The van der Waals surface area contributed by atoms with Crippen LogP contribution in [0.3, 0.4) is 0 Å². The fraction of sp³-hybridized carbons (Fsp3) is 0.370. The van der Waals surface area contributed by atoms with Gasteiger partial charge in [0, 0.05) is 36.6 Å². The molecule has 0 radical (unpaired) electrons. The lowest BCUT2D eigenvalue weighted by Crippen LogP contribution is -2.53. The number of halogens is 2. The monoisotopic (exact) mass is 514 g/mol. The van der Waals surface area contributed by atoms with Gasteiger partial charge >= 0.3 is 0 Å². The fourth-order valence-electron chi connectivity index (χ4n) is 4.69. The Morgan fingerprint density at radius 1 is 1.14 bits per heavy atom. The molecule has 0 saturated carbocycles. The summed E-state index contributed by atoms with van der Waals surface area (Å²) in [4.78, 5) is 11.2. The molecule has 2 aliphatic rings. The standard InChI is InChI=1S/C27H31FN4OS.ClH/c1-4-22-16-23-26(29-25-15-19(28)8-12-24(25)30-27(23)34-22)32-14-13-31(2)20(17-32)9-5-18-6-10-21(33-3)11-7-18;/h6-8,10-12,15-16,20,30H,4-5,9,13-14,17H2,1-3H3;1H/t20-;/m0./s1. The normalized spacial score (nSPS) is 17.4. The zero-order valence-electron chi connectivity index (χ0n) is 20.4. The highest BCUT2D eigenvalue weighted by Crippen LogP contribution is 2.40. The van der Waals surface area contributed by atoms with Crippen molar-refractivity contribution in [1.82, 2.24) is 9.80 Å². The van der Waals surface area contributed by atoms with Crippen molar-refractivity contribution in [3.63, 3.8) is 0 Å². The second kappa shape index (κ2) is 11.0. The van der Waals surface area contributed by atoms with E-state index in [1.54, 1.807) is 24.5 Å². The summed E-state index contributed by atoms with van der Waals surface area (Å²) < 4.78 is 19.4. The zero-order valence-corrected chi connectivity index (χ0v) is 22.0. The van der Waals surface area contributed by atoms with Crippen LogP contribution < -0.4 is 10.1 Å². The van der Waals surface area contributed by atoms with Crippen LogP contribution in [0.15, 0.2) is 53.5 Å². The van der Waals surface area contributed by atoms with Crippen LogP contribution in [0.1, 0.15) is 29.3 Å². The summed E-state index contributed by atoms with van der Waals surface area (Å²) in [6.45, 7) is 4.94. The maximum Gasteiger partial charge on any atom is 0.139 e. The summed E-state index contributed by atoms with van der Waals surface area (Å²) in [6.07, 6.45) is 3.06. The number of nitrogens with zero attached hydrogens (tertiary/aromatic N) is 3. The van der Waals surface area contributed by atoms with E-state index >= 15 is 0 Å². The zero-order chi connectivity index (χ0) is 23.7. The molecule has 186 valence electrons.